The summed E-state index contributed by atoms with van der Waals surface area (Å²) in [6.45, 7) is 7.84. The van der Waals surface area contributed by atoms with Crippen LogP contribution in [0.25, 0.3) is 0 Å². The van der Waals surface area contributed by atoms with Crippen molar-refractivity contribution >= 4 is 29.4 Å². The fourth-order valence-electron chi connectivity index (χ4n) is 3.64. The fourth-order valence-corrected chi connectivity index (χ4v) is 3.85. The van der Waals surface area contributed by atoms with E-state index < -0.39 is 11.2 Å². The minimum absolute atomic E-state index is 0.00696. The third-order valence-electron chi connectivity index (χ3n) is 5.12. The van der Waals surface area contributed by atoms with Crippen molar-refractivity contribution in [3.05, 3.63) is 21.6 Å². The number of anilines is 1. The number of hydrogen-bond acceptors (Lipinski definition) is 6. The van der Waals surface area contributed by atoms with Gasteiger partial charge in [-0.15, -0.1) is 0 Å². The SMILES string of the molecule is CC(C)(C)OC(=O)N1CCC(NC(=O)N[C@@H]2CCN(c3cn[nH]c(=O)c3Cl)C2)CC1. The van der Waals surface area contributed by atoms with Gasteiger partial charge in [-0.1, -0.05) is 11.6 Å². The van der Waals surface area contributed by atoms with Crippen LogP contribution in [-0.2, 0) is 4.74 Å². The van der Waals surface area contributed by atoms with E-state index in [-0.39, 0.29) is 29.2 Å². The van der Waals surface area contributed by atoms with Gasteiger partial charge in [0.1, 0.15) is 10.6 Å². The van der Waals surface area contributed by atoms with Crippen molar-refractivity contribution in [2.75, 3.05) is 31.1 Å². The Labute approximate surface area is 180 Å². The number of ether oxygens (including phenoxy) is 1. The maximum atomic E-state index is 12.4. The van der Waals surface area contributed by atoms with E-state index in [1.54, 1.807) is 4.90 Å². The normalized spacial score (nSPS) is 20.2. The second kappa shape index (κ2) is 9.11. The standard InChI is InChI=1S/C19H29ClN6O4/c1-19(2,3)30-18(29)25-7-4-12(5-8-25)22-17(28)23-13-6-9-26(11-13)14-10-21-24-16(27)15(14)20/h10,12-13H,4-9,11H2,1-3H3,(H,24,27)(H2,22,23,28)/t13-/m1/s1. The molecule has 0 saturated carbocycles. The number of hydrogen-bond donors (Lipinski definition) is 3. The van der Waals surface area contributed by atoms with E-state index in [0.29, 0.717) is 44.7 Å². The molecule has 0 bridgehead atoms. The summed E-state index contributed by atoms with van der Waals surface area (Å²) in [5, 5.41) is 12.2. The molecule has 2 aliphatic rings. The molecule has 2 aliphatic heterocycles. The van der Waals surface area contributed by atoms with Crippen molar-refractivity contribution in [3.8, 4) is 0 Å². The predicted molar refractivity (Wildman–Crippen MR) is 113 cm³/mol. The Bertz CT molecular complexity index is 831. The summed E-state index contributed by atoms with van der Waals surface area (Å²) in [5.74, 6) is 0. The number of nitrogens with zero attached hydrogens (tertiary/aromatic N) is 3. The van der Waals surface area contributed by atoms with Crippen molar-refractivity contribution < 1.29 is 14.3 Å². The van der Waals surface area contributed by atoms with Crippen LogP contribution >= 0.6 is 11.6 Å². The van der Waals surface area contributed by atoms with E-state index >= 15 is 0 Å². The zero-order chi connectivity index (χ0) is 21.9. The van der Waals surface area contributed by atoms with Crippen molar-refractivity contribution in [3.63, 3.8) is 0 Å². The minimum Gasteiger partial charge on any atom is -0.444 e. The first-order chi connectivity index (χ1) is 14.1. The number of nitrogens with one attached hydrogen (secondary N) is 3. The average Bonchev–Trinajstić information content (AvgIpc) is 3.11. The smallest absolute Gasteiger partial charge is 0.410 e. The number of rotatable bonds is 3. The summed E-state index contributed by atoms with van der Waals surface area (Å²) in [5.41, 5.74) is -0.380. The van der Waals surface area contributed by atoms with E-state index in [4.69, 9.17) is 16.3 Å². The van der Waals surface area contributed by atoms with Crippen molar-refractivity contribution in [1.82, 2.24) is 25.7 Å². The summed E-state index contributed by atoms with van der Waals surface area (Å²) in [4.78, 5) is 39.8. The Morgan fingerprint density at radius 2 is 1.80 bits per heavy atom. The summed E-state index contributed by atoms with van der Waals surface area (Å²) in [6.07, 6.45) is 3.30. The summed E-state index contributed by atoms with van der Waals surface area (Å²) in [7, 11) is 0. The molecule has 0 aliphatic carbocycles. The van der Waals surface area contributed by atoms with Gasteiger partial charge in [0.25, 0.3) is 5.56 Å². The number of H-pyrrole nitrogens is 1. The zero-order valence-electron chi connectivity index (χ0n) is 17.5. The van der Waals surface area contributed by atoms with E-state index in [1.807, 2.05) is 25.7 Å². The monoisotopic (exact) mass is 440 g/mol. The van der Waals surface area contributed by atoms with E-state index in [9.17, 15) is 14.4 Å². The lowest BCUT2D eigenvalue weighted by Gasteiger charge is -2.33. The van der Waals surface area contributed by atoms with Gasteiger partial charge in [-0.25, -0.2) is 14.7 Å². The molecule has 3 N–H and O–H groups in total. The van der Waals surface area contributed by atoms with E-state index in [2.05, 4.69) is 20.8 Å². The molecule has 0 spiro atoms. The summed E-state index contributed by atoms with van der Waals surface area (Å²) < 4.78 is 5.39. The number of amides is 3. The molecule has 2 fully saturated rings. The topological polar surface area (TPSA) is 120 Å². The van der Waals surface area contributed by atoms with Crippen LogP contribution in [0.2, 0.25) is 5.02 Å². The number of carbonyl (C=O) groups excluding carboxylic acids is 2. The van der Waals surface area contributed by atoms with Crippen LogP contribution in [0.5, 0.6) is 0 Å². The largest absolute Gasteiger partial charge is 0.444 e. The molecule has 3 amide bonds. The van der Waals surface area contributed by atoms with Gasteiger partial charge in [0, 0.05) is 38.3 Å². The van der Waals surface area contributed by atoms with Crippen molar-refractivity contribution in [2.24, 2.45) is 0 Å². The molecule has 1 aromatic heterocycles. The Hall–Kier alpha value is -2.49. The second-order valence-electron chi connectivity index (χ2n) is 8.69. The lowest BCUT2D eigenvalue weighted by atomic mass is 10.1. The van der Waals surface area contributed by atoms with Gasteiger partial charge in [-0.05, 0) is 40.0 Å². The highest BCUT2D eigenvalue weighted by Gasteiger charge is 2.29. The number of piperidine rings is 1. The first kappa shape index (κ1) is 22.2. The molecule has 30 heavy (non-hydrogen) atoms. The van der Waals surface area contributed by atoms with Crippen molar-refractivity contribution in [1.29, 1.82) is 0 Å². The lowest BCUT2D eigenvalue weighted by Crippen LogP contribution is -2.51. The molecular formula is C19H29ClN6O4. The van der Waals surface area contributed by atoms with Gasteiger partial charge in [0.05, 0.1) is 11.9 Å². The fraction of sp³-hybridized carbons (Fsp3) is 0.684. The third-order valence-corrected chi connectivity index (χ3v) is 5.49. The van der Waals surface area contributed by atoms with Gasteiger partial charge in [-0.3, -0.25) is 4.79 Å². The highest BCUT2D eigenvalue weighted by atomic mass is 35.5. The number of halogens is 1. The van der Waals surface area contributed by atoms with Crippen LogP contribution < -0.4 is 21.1 Å². The maximum absolute atomic E-state index is 12.4. The van der Waals surface area contributed by atoms with Crippen LogP contribution in [0.4, 0.5) is 15.3 Å². The Morgan fingerprint density at radius 3 is 2.47 bits per heavy atom. The maximum Gasteiger partial charge on any atom is 0.410 e. The number of aromatic nitrogens is 2. The van der Waals surface area contributed by atoms with Crippen LogP contribution in [0, 0.1) is 0 Å². The van der Waals surface area contributed by atoms with Crippen molar-refractivity contribution in [2.45, 2.75) is 57.7 Å². The van der Waals surface area contributed by atoms with Gasteiger partial charge >= 0.3 is 12.1 Å². The first-order valence-electron chi connectivity index (χ1n) is 10.2. The minimum atomic E-state index is -0.519. The Morgan fingerprint density at radius 1 is 1.17 bits per heavy atom. The predicted octanol–water partition coefficient (Wildman–Crippen LogP) is 1.70. The number of carbonyl (C=O) groups is 2. The molecule has 10 nitrogen and oxygen atoms in total. The highest BCUT2D eigenvalue weighted by Crippen LogP contribution is 2.24. The lowest BCUT2D eigenvalue weighted by molar-refractivity contribution is 0.0201. The molecule has 2 saturated heterocycles. The molecule has 3 heterocycles. The molecule has 1 aromatic rings. The molecule has 1 atom stereocenters. The Balaban J connectivity index is 1.42. The highest BCUT2D eigenvalue weighted by molar-refractivity contribution is 6.33. The quantitative estimate of drug-likeness (QED) is 0.658. The van der Waals surface area contributed by atoms with Gasteiger partial charge in [0.15, 0.2) is 0 Å². The third kappa shape index (κ3) is 5.78. The van der Waals surface area contributed by atoms with E-state index in [1.165, 1.54) is 6.20 Å². The van der Waals surface area contributed by atoms with Crippen LogP contribution in [-0.4, -0.2) is 71.1 Å². The van der Waals surface area contributed by atoms with Crippen LogP contribution in [0.3, 0.4) is 0 Å². The van der Waals surface area contributed by atoms with E-state index in [0.717, 1.165) is 6.42 Å². The molecule has 0 radical (unpaired) electrons. The van der Waals surface area contributed by atoms with Crippen LogP contribution in [0.15, 0.2) is 11.0 Å². The molecule has 0 aromatic carbocycles. The summed E-state index contributed by atoms with van der Waals surface area (Å²) in [6, 6.07) is -0.276. The molecular weight excluding hydrogens is 412 g/mol. The second-order valence-corrected chi connectivity index (χ2v) is 9.07. The zero-order valence-corrected chi connectivity index (χ0v) is 18.3. The molecule has 0 unspecified atom stereocenters. The van der Waals surface area contributed by atoms with Gasteiger partial charge in [-0.2, -0.15) is 5.10 Å². The number of urea groups is 1. The van der Waals surface area contributed by atoms with Gasteiger partial charge < -0.3 is 25.2 Å². The average molecular weight is 441 g/mol. The number of likely N-dealkylation sites (tertiary alicyclic amines) is 1. The first-order valence-corrected chi connectivity index (χ1v) is 10.5. The summed E-state index contributed by atoms with van der Waals surface area (Å²) >= 11 is 6.06. The molecule has 3 rings (SSSR count). The van der Waals surface area contributed by atoms with Gasteiger partial charge in [0.2, 0.25) is 0 Å². The van der Waals surface area contributed by atoms with Crippen LogP contribution in [0.1, 0.15) is 40.0 Å². The number of aromatic amines is 1. The molecule has 11 heteroatoms. The Kier molecular flexibility index (Phi) is 6.74. The molecule has 166 valence electrons.